The number of nitrogens with zero attached hydrogens (tertiary/aromatic N) is 3. The monoisotopic (exact) mass is 291 g/mol. The molecule has 0 aliphatic heterocycles. The number of nitro groups is 1. The number of anilines is 1. The summed E-state index contributed by atoms with van der Waals surface area (Å²) in [7, 11) is 0. The molecule has 3 N–H and O–H groups in total. The molecule has 0 unspecified atom stereocenters. The van der Waals surface area contributed by atoms with Crippen molar-refractivity contribution in [1.82, 2.24) is 15.5 Å². The van der Waals surface area contributed by atoms with E-state index in [1.807, 2.05) is 0 Å². The van der Waals surface area contributed by atoms with E-state index in [0.29, 0.717) is 11.8 Å². The second kappa shape index (κ2) is 5.90. The first-order valence-electron chi connectivity index (χ1n) is 5.77. The summed E-state index contributed by atoms with van der Waals surface area (Å²) in [6, 6.07) is 4.81. The Labute approximate surface area is 117 Å². The Morgan fingerprint density at radius 2 is 2.24 bits per heavy atom. The Bertz CT molecular complexity index is 693. The molecule has 2 aromatic rings. The number of carbonyl (C=O) groups excluding carboxylic acids is 1. The molecule has 108 valence electrons. The number of benzene rings is 1. The van der Waals surface area contributed by atoms with E-state index >= 15 is 0 Å². The fourth-order valence-corrected chi connectivity index (χ4v) is 1.61. The highest BCUT2D eigenvalue weighted by atomic mass is 19.1. The average molecular weight is 291 g/mol. The van der Waals surface area contributed by atoms with Crippen LogP contribution in [-0.2, 0) is 6.54 Å². The van der Waals surface area contributed by atoms with Crippen molar-refractivity contribution in [3.05, 3.63) is 57.7 Å². The smallest absolute Gasteiger partial charge is 0.285 e. The van der Waals surface area contributed by atoms with Gasteiger partial charge < -0.3 is 11.1 Å². The molecule has 0 spiro atoms. The molecule has 9 heteroatoms. The quantitative estimate of drug-likeness (QED) is 0.492. The number of aromatic nitrogens is 2. The molecule has 0 saturated carbocycles. The van der Waals surface area contributed by atoms with E-state index in [0.717, 1.165) is 6.07 Å². The maximum Gasteiger partial charge on any atom is 0.285 e. The zero-order valence-electron chi connectivity index (χ0n) is 10.6. The summed E-state index contributed by atoms with van der Waals surface area (Å²) in [6.07, 6.45) is 1.47. The molecule has 1 aromatic carbocycles. The molecular weight excluding hydrogens is 281 g/mol. The predicted molar refractivity (Wildman–Crippen MR) is 70.7 cm³/mol. The van der Waals surface area contributed by atoms with Crippen LogP contribution in [0, 0.1) is 15.9 Å². The molecule has 0 aliphatic rings. The highest BCUT2D eigenvalue weighted by molar-refractivity contribution is 5.99. The topological polar surface area (TPSA) is 124 Å². The first kappa shape index (κ1) is 14.3. The molecule has 0 radical (unpaired) electrons. The second-order valence-electron chi connectivity index (χ2n) is 4.05. The number of carbonyl (C=O) groups is 1. The van der Waals surface area contributed by atoms with E-state index < -0.39 is 22.3 Å². The van der Waals surface area contributed by atoms with Gasteiger partial charge >= 0.3 is 0 Å². The van der Waals surface area contributed by atoms with Crippen LogP contribution in [0.4, 0.5) is 15.8 Å². The molecule has 1 heterocycles. The zero-order chi connectivity index (χ0) is 15.4. The van der Waals surface area contributed by atoms with Crippen LogP contribution in [0.25, 0.3) is 0 Å². The van der Waals surface area contributed by atoms with Gasteiger partial charge in [0.25, 0.3) is 11.6 Å². The van der Waals surface area contributed by atoms with E-state index in [-0.39, 0.29) is 17.8 Å². The highest BCUT2D eigenvalue weighted by Gasteiger charge is 2.22. The van der Waals surface area contributed by atoms with Crippen LogP contribution in [0.2, 0.25) is 0 Å². The van der Waals surface area contributed by atoms with Crippen molar-refractivity contribution in [3.63, 3.8) is 0 Å². The Hall–Kier alpha value is -3.10. The number of nitrogens with one attached hydrogen (secondary N) is 1. The van der Waals surface area contributed by atoms with E-state index in [2.05, 4.69) is 15.5 Å². The van der Waals surface area contributed by atoms with Gasteiger partial charge in [0, 0.05) is 6.20 Å². The number of halogens is 1. The molecule has 0 saturated heterocycles. The lowest BCUT2D eigenvalue weighted by Crippen LogP contribution is -2.24. The van der Waals surface area contributed by atoms with Gasteiger partial charge in [-0.25, -0.2) is 4.39 Å². The molecule has 0 fully saturated rings. The van der Waals surface area contributed by atoms with Crippen molar-refractivity contribution in [1.29, 1.82) is 0 Å². The van der Waals surface area contributed by atoms with Crippen LogP contribution in [0.3, 0.4) is 0 Å². The Morgan fingerprint density at radius 3 is 2.86 bits per heavy atom. The Kier molecular flexibility index (Phi) is 4.02. The third-order valence-corrected chi connectivity index (χ3v) is 2.61. The van der Waals surface area contributed by atoms with Crippen LogP contribution in [0.1, 0.15) is 16.1 Å². The first-order chi connectivity index (χ1) is 9.99. The average Bonchev–Trinajstić information content (AvgIpc) is 2.48. The molecule has 0 bridgehead atoms. The van der Waals surface area contributed by atoms with E-state index in [1.54, 1.807) is 12.1 Å². The van der Waals surface area contributed by atoms with Gasteiger partial charge in [-0.1, -0.05) is 0 Å². The molecular formula is C12H10FN5O3. The lowest BCUT2D eigenvalue weighted by molar-refractivity contribution is -0.385. The number of nitrogens with two attached hydrogens (primary N) is 1. The summed E-state index contributed by atoms with van der Waals surface area (Å²) in [6.45, 7) is 0.0289. The lowest BCUT2D eigenvalue weighted by Gasteiger charge is -2.06. The number of rotatable bonds is 4. The third-order valence-electron chi connectivity index (χ3n) is 2.61. The number of hydrogen-bond donors (Lipinski definition) is 2. The van der Waals surface area contributed by atoms with Crippen LogP contribution >= 0.6 is 0 Å². The van der Waals surface area contributed by atoms with Crippen molar-refractivity contribution in [2.75, 3.05) is 5.73 Å². The Balaban J connectivity index is 2.22. The minimum absolute atomic E-state index is 0.0289. The summed E-state index contributed by atoms with van der Waals surface area (Å²) >= 11 is 0. The molecule has 0 atom stereocenters. The fourth-order valence-electron chi connectivity index (χ4n) is 1.61. The van der Waals surface area contributed by atoms with Crippen molar-refractivity contribution in [3.8, 4) is 0 Å². The third kappa shape index (κ3) is 3.26. The molecule has 2 rings (SSSR count). The lowest BCUT2D eigenvalue weighted by atomic mass is 10.1. The largest absolute Gasteiger partial charge is 0.396 e. The first-order valence-corrected chi connectivity index (χ1v) is 5.77. The SMILES string of the molecule is Nc1cc(C(=O)NCc2cccnn2)c([N+](=O)[O-])cc1F. The van der Waals surface area contributed by atoms with E-state index in [1.165, 1.54) is 6.20 Å². The van der Waals surface area contributed by atoms with Gasteiger partial charge in [-0.15, -0.1) is 0 Å². The molecule has 1 amide bonds. The van der Waals surface area contributed by atoms with E-state index in [4.69, 9.17) is 5.73 Å². The highest BCUT2D eigenvalue weighted by Crippen LogP contribution is 2.24. The van der Waals surface area contributed by atoms with Crippen molar-refractivity contribution >= 4 is 17.3 Å². The van der Waals surface area contributed by atoms with Crippen LogP contribution < -0.4 is 11.1 Å². The molecule has 8 nitrogen and oxygen atoms in total. The van der Waals surface area contributed by atoms with Gasteiger partial charge in [0.15, 0.2) is 5.82 Å². The van der Waals surface area contributed by atoms with Gasteiger partial charge in [0.1, 0.15) is 5.56 Å². The number of nitro benzene ring substituents is 1. The minimum atomic E-state index is -0.952. The fraction of sp³-hybridized carbons (Fsp3) is 0.0833. The number of amides is 1. The molecule has 1 aromatic heterocycles. The van der Waals surface area contributed by atoms with Gasteiger partial charge in [0.2, 0.25) is 0 Å². The van der Waals surface area contributed by atoms with Crippen molar-refractivity contribution in [2.24, 2.45) is 0 Å². The number of hydrogen-bond acceptors (Lipinski definition) is 6. The van der Waals surface area contributed by atoms with Gasteiger partial charge in [0.05, 0.1) is 28.9 Å². The number of nitrogen functional groups attached to an aromatic ring is 1. The van der Waals surface area contributed by atoms with Gasteiger partial charge in [-0.2, -0.15) is 10.2 Å². The predicted octanol–water partition coefficient (Wildman–Crippen LogP) is 1.04. The summed E-state index contributed by atoms with van der Waals surface area (Å²) in [4.78, 5) is 22.0. The maximum atomic E-state index is 13.3. The van der Waals surface area contributed by atoms with E-state index in [9.17, 15) is 19.3 Å². The standard InChI is InChI=1S/C12H10FN5O3/c13-9-5-11(18(20)21)8(4-10(9)14)12(19)15-6-7-2-1-3-16-17-7/h1-5H,6,14H2,(H,15,19). The minimum Gasteiger partial charge on any atom is -0.396 e. The normalized spacial score (nSPS) is 10.1. The van der Waals surface area contributed by atoms with Gasteiger partial charge in [-0.05, 0) is 18.2 Å². The van der Waals surface area contributed by atoms with Crippen LogP contribution in [0.15, 0.2) is 30.5 Å². The van der Waals surface area contributed by atoms with Crippen molar-refractivity contribution in [2.45, 2.75) is 6.54 Å². The summed E-state index contributed by atoms with van der Waals surface area (Å²) in [5.41, 5.74) is 4.50. The van der Waals surface area contributed by atoms with Crippen LogP contribution in [-0.4, -0.2) is 21.0 Å². The molecule has 21 heavy (non-hydrogen) atoms. The summed E-state index contributed by atoms with van der Waals surface area (Å²) < 4.78 is 13.3. The molecule has 0 aliphatic carbocycles. The van der Waals surface area contributed by atoms with Crippen LogP contribution in [0.5, 0.6) is 0 Å². The van der Waals surface area contributed by atoms with Crippen molar-refractivity contribution < 1.29 is 14.1 Å². The Morgan fingerprint density at radius 1 is 1.48 bits per heavy atom. The second-order valence-corrected chi connectivity index (χ2v) is 4.05. The summed E-state index contributed by atoms with van der Waals surface area (Å²) in [5.74, 6) is -1.70. The van der Waals surface area contributed by atoms with Gasteiger partial charge in [-0.3, -0.25) is 14.9 Å². The zero-order valence-corrected chi connectivity index (χ0v) is 10.6. The maximum absolute atomic E-state index is 13.3. The summed E-state index contributed by atoms with van der Waals surface area (Å²) in [5, 5.41) is 20.7.